The molecule has 1 aliphatic carbocycles. The van der Waals surface area contributed by atoms with Gasteiger partial charge in [-0.1, -0.05) is 31.5 Å². The van der Waals surface area contributed by atoms with Gasteiger partial charge in [-0.25, -0.2) is 4.98 Å². The minimum atomic E-state index is -0.257. The number of rotatable bonds is 11. The highest BCUT2D eigenvalue weighted by Crippen LogP contribution is 2.28. The highest BCUT2D eigenvalue weighted by Gasteiger charge is 2.22. The van der Waals surface area contributed by atoms with Crippen LogP contribution in [0, 0.1) is 0 Å². The van der Waals surface area contributed by atoms with Crippen LogP contribution in [-0.2, 0) is 6.54 Å². The van der Waals surface area contributed by atoms with E-state index >= 15 is 0 Å². The second-order valence-corrected chi connectivity index (χ2v) is 9.32. The van der Waals surface area contributed by atoms with E-state index in [1.807, 2.05) is 36.4 Å². The maximum absolute atomic E-state index is 13.1. The van der Waals surface area contributed by atoms with E-state index in [-0.39, 0.29) is 18.1 Å². The molecule has 0 aliphatic heterocycles. The van der Waals surface area contributed by atoms with E-state index in [1.54, 1.807) is 19.5 Å². The molecule has 2 aromatic heterocycles. The number of ether oxygens (including phenoxy) is 1. The molecule has 4 N–H and O–H groups in total. The highest BCUT2D eigenvalue weighted by atomic mass is 16.5. The van der Waals surface area contributed by atoms with Gasteiger partial charge in [-0.3, -0.25) is 9.78 Å². The van der Waals surface area contributed by atoms with E-state index in [4.69, 9.17) is 4.74 Å². The SMILES string of the molecule is CCCCNc1ncc(C(=O)NCc2ccc(-c3ccccc3OC)nc2)c(NC2CCC(O)CC2)n1. The zero-order valence-corrected chi connectivity index (χ0v) is 21.5. The lowest BCUT2D eigenvalue weighted by Gasteiger charge is -2.27. The minimum Gasteiger partial charge on any atom is -0.496 e. The summed E-state index contributed by atoms with van der Waals surface area (Å²) < 4.78 is 5.43. The number of pyridine rings is 1. The van der Waals surface area contributed by atoms with Crippen molar-refractivity contribution in [3.05, 3.63) is 59.9 Å². The van der Waals surface area contributed by atoms with Crippen molar-refractivity contribution >= 4 is 17.7 Å². The number of carbonyl (C=O) groups is 1. The lowest BCUT2D eigenvalue weighted by Crippen LogP contribution is -2.31. The van der Waals surface area contributed by atoms with Crippen LogP contribution >= 0.6 is 0 Å². The predicted octanol–water partition coefficient (Wildman–Crippen LogP) is 4.40. The summed E-state index contributed by atoms with van der Waals surface area (Å²) in [5.74, 6) is 1.51. The Hall–Kier alpha value is -3.72. The van der Waals surface area contributed by atoms with Crippen LogP contribution in [0.15, 0.2) is 48.8 Å². The Morgan fingerprint density at radius 2 is 1.89 bits per heavy atom. The molecular formula is C28H36N6O3. The molecule has 1 fully saturated rings. The van der Waals surface area contributed by atoms with Crippen LogP contribution in [0.1, 0.15) is 61.4 Å². The number of amides is 1. The summed E-state index contributed by atoms with van der Waals surface area (Å²) in [5.41, 5.74) is 2.99. The number of methoxy groups -OCH3 is 1. The number of hydrogen-bond donors (Lipinski definition) is 4. The average Bonchev–Trinajstić information content (AvgIpc) is 2.93. The van der Waals surface area contributed by atoms with Crippen molar-refractivity contribution in [3.63, 3.8) is 0 Å². The smallest absolute Gasteiger partial charge is 0.256 e. The van der Waals surface area contributed by atoms with E-state index < -0.39 is 0 Å². The van der Waals surface area contributed by atoms with Crippen molar-refractivity contribution in [2.45, 2.75) is 64.1 Å². The topological polar surface area (TPSA) is 121 Å². The van der Waals surface area contributed by atoms with Gasteiger partial charge in [0.05, 0.1) is 18.9 Å². The number of para-hydroxylation sites is 1. The number of nitrogens with zero attached hydrogens (tertiary/aromatic N) is 3. The number of nitrogens with one attached hydrogen (secondary N) is 3. The maximum Gasteiger partial charge on any atom is 0.256 e. The standard InChI is InChI=1S/C28H36N6O3/c1-3-4-15-29-28-32-18-23(26(34-28)33-20-10-12-21(35)13-11-20)27(36)31-17-19-9-14-24(30-16-19)22-7-5-6-8-25(22)37-2/h5-9,14,16,18,20-21,35H,3-4,10-13,15,17H2,1-2H3,(H,31,36)(H2,29,32,33,34). The number of aromatic nitrogens is 3. The first-order valence-corrected chi connectivity index (χ1v) is 13.0. The molecule has 0 spiro atoms. The molecule has 9 nitrogen and oxygen atoms in total. The maximum atomic E-state index is 13.1. The fourth-order valence-corrected chi connectivity index (χ4v) is 4.36. The molecule has 1 amide bonds. The lowest BCUT2D eigenvalue weighted by molar-refractivity contribution is 0.0950. The first kappa shape index (κ1) is 26.3. The minimum absolute atomic E-state index is 0.153. The predicted molar refractivity (Wildman–Crippen MR) is 145 cm³/mol. The Labute approximate surface area is 218 Å². The Bertz CT molecular complexity index is 1160. The summed E-state index contributed by atoms with van der Waals surface area (Å²) in [6.45, 7) is 3.22. The number of hydrogen-bond acceptors (Lipinski definition) is 8. The normalized spacial score (nSPS) is 17.2. The quantitative estimate of drug-likeness (QED) is 0.284. The number of benzene rings is 1. The third kappa shape index (κ3) is 7.16. The molecule has 1 aromatic carbocycles. The Morgan fingerprint density at radius 3 is 2.62 bits per heavy atom. The van der Waals surface area contributed by atoms with Crippen LogP contribution in [0.4, 0.5) is 11.8 Å². The van der Waals surface area contributed by atoms with Gasteiger partial charge in [0.2, 0.25) is 5.95 Å². The summed E-state index contributed by atoms with van der Waals surface area (Å²) in [6.07, 6.45) is 8.29. The number of aliphatic hydroxyl groups is 1. The van der Waals surface area contributed by atoms with Crippen LogP contribution in [0.3, 0.4) is 0 Å². The molecule has 9 heteroatoms. The Balaban J connectivity index is 1.44. The molecule has 1 aliphatic rings. The first-order valence-electron chi connectivity index (χ1n) is 13.0. The van der Waals surface area contributed by atoms with Gasteiger partial charge >= 0.3 is 0 Å². The van der Waals surface area contributed by atoms with Crippen LogP contribution in [0.2, 0.25) is 0 Å². The number of unbranched alkanes of at least 4 members (excludes halogenated alkanes) is 1. The molecule has 0 saturated heterocycles. The summed E-state index contributed by atoms with van der Waals surface area (Å²) in [7, 11) is 1.64. The van der Waals surface area contributed by atoms with Crippen molar-refractivity contribution in [1.82, 2.24) is 20.3 Å². The summed E-state index contributed by atoms with van der Waals surface area (Å²) in [5, 5.41) is 19.5. The fraction of sp³-hybridized carbons (Fsp3) is 0.429. The van der Waals surface area contributed by atoms with Gasteiger partial charge in [0.15, 0.2) is 0 Å². The largest absolute Gasteiger partial charge is 0.496 e. The molecule has 0 unspecified atom stereocenters. The third-order valence-electron chi connectivity index (χ3n) is 6.55. The van der Waals surface area contributed by atoms with Gasteiger partial charge in [-0.05, 0) is 55.9 Å². The van der Waals surface area contributed by atoms with Gasteiger partial charge in [-0.2, -0.15) is 4.98 Å². The summed E-state index contributed by atoms with van der Waals surface area (Å²) in [6, 6.07) is 11.7. The number of carbonyl (C=O) groups excluding carboxylic acids is 1. The third-order valence-corrected chi connectivity index (χ3v) is 6.55. The van der Waals surface area contributed by atoms with E-state index in [0.717, 1.165) is 67.6 Å². The molecular weight excluding hydrogens is 468 g/mol. The van der Waals surface area contributed by atoms with Crippen LogP contribution in [0.5, 0.6) is 5.75 Å². The molecule has 4 rings (SSSR count). The second kappa shape index (κ2) is 13.0. The van der Waals surface area contributed by atoms with E-state index in [0.29, 0.717) is 23.9 Å². The van der Waals surface area contributed by atoms with Crippen molar-refractivity contribution in [1.29, 1.82) is 0 Å². The Morgan fingerprint density at radius 1 is 1.08 bits per heavy atom. The van der Waals surface area contributed by atoms with Crippen molar-refractivity contribution in [3.8, 4) is 17.0 Å². The summed E-state index contributed by atoms with van der Waals surface area (Å²) >= 11 is 0. The summed E-state index contributed by atoms with van der Waals surface area (Å²) in [4.78, 5) is 26.7. The zero-order chi connectivity index (χ0) is 26.0. The molecule has 2 heterocycles. The van der Waals surface area contributed by atoms with Gasteiger partial charge in [0, 0.05) is 37.1 Å². The molecule has 0 radical (unpaired) electrons. The molecule has 3 aromatic rings. The zero-order valence-electron chi connectivity index (χ0n) is 21.5. The molecule has 0 bridgehead atoms. The van der Waals surface area contributed by atoms with Crippen molar-refractivity contribution in [2.24, 2.45) is 0 Å². The Kier molecular flexibility index (Phi) is 9.26. The fourth-order valence-electron chi connectivity index (χ4n) is 4.36. The van der Waals surface area contributed by atoms with Crippen LogP contribution in [-0.4, -0.2) is 51.8 Å². The highest BCUT2D eigenvalue weighted by molar-refractivity contribution is 5.98. The lowest BCUT2D eigenvalue weighted by atomic mass is 9.93. The number of aliphatic hydroxyl groups excluding tert-OH is 1. The van der Waals surface area contributed by atoms with Gasteiger partial charge in [0.25, 0.3) is 5.91 Å². The van der Waals surface area contributed by atoms with Crippen LogP contribution < -0.4 is 20.7 Å². The van der Waals surface area contributed by atoms with Gasteiger partial charge in [-0.15, -0.1) is 0 Å². The van der Waals surface area contributed by atoms with Gasteiger partial charge in [0.1, 0.15) is 17.1 Å². The average molecular weight is 505 g/mol. The molecule has 1 saturated carbocycles. The second-order valence-electron chi connectivity index (χ2n) is 9.32. The van der Waals surface area contributed by atoms with E-state index in [2.05, 4.69) is 37.8 Å². The first-order chi connectivity index (χ1) is 18.1. The van der Waals surface area contributed by atoms with Crippen molar-refractivity contribution in [2.75, 3.05) is 24.3 Å². The molecule has 0 atom stereocenters. The van der Waals surface area contributed by atoms with E-state index in [9.17, 15) is 9.90 Å². The van der Waals surface area contributed by atoms with Crippen molar-refractivity contribution < 1.29 is 14.6 Å². The van der Waals surface area contributed by atoms with Crippen LogP contribution in [0.25, 0.3) is 11.3 Å². The van der Waals surface area contributed by atoms with E-state index in [1.165, 1.54) is 0 Å². The van der Waals surface area contributed by atoms with Gasteiger partial charge < -0.3 is 25.8 Å². The monoisotopic (exact) mass is 504 g/mol. The molecule has 196 valence electrons. The molecule has 37 heavy (non-hydrogen) atoms. The number of anilines is 2.